The lowest BCUT2D eigenvalue weighted by Gasteiger charge is -2.43. The van der Waals surface area contributed by atoms with Crippen molar-refractivity contribution in [1.82, 2.24) is 24.2 Å². The first kappa shape index (κ1) is 45.2. The number of fused-ring (bicyclic) bond motifs is 1. The summed E-state index contributed by atoms with van der Waals surface area (Å²) < 4.78 is 52.1. The van der Waals surface area contributed by atoms with Gasteiger partial charge in [0.2, 0.25) is 0 Å². The maximum Gasteiger partial charge on any atom is 0.257 e. The van der Waals surface area contributed by atoms with Crippen LogP contribution in [0.3, 0.4) is 0 Å². The van der Waals surface area contributed by atoms with Crippen LogP contribution >= 0.6 is 8.53 Å². The van der Waals surface area contributed by atoms with Gasteiger partial charge in [-0.25, -0.2) is 24.0 Å². The Hall–Kier alpha value is -5.85. The van der Waals surface area contributed by atoms with Gasteiger partial charge in [-0.15, -0.1) is 0 Å². The Morgan fingerprint density at radius 1 is 0.921 bits per heavy atom. The number of rotatable bonds is 18. The average Bonchev–Trinajstić information content (AvgIpc) is 3.87. The number of benzene rings is 4. The molecule has 14 nitrogen and oxygen atoms in total. The molecular weight excluding hydrogens is 825 g/mol. The van der Waals surface area contributed by atoms with Crippen molar-refractivity contribution in [3.63, 3.8) is 0 Å². The molecule has 0 radical (unpaired) electrons. The highest BCUT2D eigenvalue weighted by atomic mass is 31.2. The van der Waals surface area contributed by atoms with Gasteiger partial charge in [-0.05, 0) is 87.2 Å². The zero-order chi connectivity index (χ0) is 44.7. The van der Waals surface area contributed by atoms with Gasteiger partial charge in [-0.2, -0.15) is 5.26 Å². The SMILES string of the molecule is COc1ccc(C(OC[C@H]2O[C@@H](n3cnc4c(NC(=O)c5ccccc5)ncnc43)[C@H](F)[C@@H]2OP(O)N(C(C)C)C(C)(C)CCC#N)(c2ccccc2)c2ccc(OC)cc2)cc1. The molecule has 0 aliphatic carbocycles. The zero-order valence-corrected chi connectivity index (χ0v) is 36.9. The van der Waals surface area contributed by atoms with Gasteiger partial charge >= 0.3 is 0 Å². The van der Waals surface area contributed by atoms with Crippen molar-refractivity contribution in [2.24, 2.45) is 0 Å². The van der Waals surface area contributed by atoms with E-state index in [4.69, 9.17) is 23.5 Å². The smallest absolute Gasteiger partial charge is 0.257 e. The van der Waals surface area contributed by atoms with Crippen molar-refractivity contribution in [2.45, 2.75) is 82.3 Å². The molecule has 1 saturated heterocycles. The first-order valence-electron chi connectivity index (χ1n) is 20.6. The third kappa shape index (κ3) is 9.43. The summed E-state index contributed by atoms with van der Waals surface area (Å²) in [7, 11) is 0.732. The summed E-state index contributed by atoms with van der Waals surface area (Å²) in [5.41, 5.74) is 1.13. The highest BCUT2D eigenvalue weighted by Gasteiger charge is 2.52. The molecule has 4 aromatic carbocycles. The van der Waals surface area contributed by atoms with Crippen LogP contribution in [0.1, 0.15) is 73.8 Å². The van der Waals surface area contributed by atoms with E-state index in [9.17, 15) is 14.9 Å². The summed E-state index contributed by atoms with van der Waals surface area (Å²) in [4.78, 5) is 38.4. The summed E-state index contributed by atoms with van der Waals surface area (Å²) in [5, 5.41) is 12.2. The number of alkyl halides is 1. The molecule has 7 rings (SSSR count). The molecule has 1 amide bonds. The molecule has 2 N–H and O–H groups in total. The van der Waals surface area contributed by atoms with Crippen LogP contribution in [0.5, 0.6) is 11.5 Å². The third-order valence-electron chi connectivity index (χ3n) is 11.2. The molecule has 2 aromatic heterocycles. The van der Waals surface area contributed by atoms with Gasteiger partial charge in [-0.3, -0.25) is 9.36 Å². The molecule has 0 spiro atoms. The topological polar surface area (TPSA) is 166 Å². The van der Waals surface area contributed by atoms with Crippen molar-refractivity contribution in [3.05, 3.63) is 144 Å². The fraction of sp³-hybridized carbons (Fsp3) is 0.340. The molecule has 3 heterocycles. The molecule has 63 heavy (non-hydrogen) atoms. The number of nitrogens with zero attached hydrogens (tertiary/aromatic N) is 6. The average molecular weight is 876 g/mol. The van der Waals surface area contributed by atoms with E-state index >= 15 is 4.39 Å². The molecule has 0 bridgehead atoms. The summed E-state index contributed by atoms with van der Waals surface area (Å²) in [6.45, 7) is 7.44. The van der Waals surface area contributed by atoms with Crippen LogP contribution in [0.4, 0.5) is 10.2 Å². The lowest BCUT2D eigenvalue weighted by molar-refractivity contribution is -0.0918. The number of aromatic nitrogens is 4. The predicted molar refractivity (Wildman–Crippen MR) is 237 cm³/mol. The monoisotopic (exact) mass is 875 g/mol. The van der Waals surface area contributed by atoms with E-state index in [1.54, 1.807) is 43.2 Å². The van der Waals surface area contributed by atoms with Gasteiger partial charge in [0.15, 0.2) is 29.4 Å². The van der Waals surface area contributed by atoms with E-state index in [0.29, 0.717) is 23.5 Å². The van der Waals surface area contributed by atoms with Crippen LogP contribution in [0, 0.1) is 11.3 Å². The number of amides is 1. The van der Waals surface area contributed by atoms with Crippen LogP contribution in [-0.4, -0.2) is 85.8 Å². The quantitative estimate of drug-likeness (QED) is 0.0624. The van der Waals surface area contributed by atoms with Crippen molar-refractivity contribution in [3.8, 4) is 17.6 Å². The number of anilines is 1. The first-order valence-corrected chi connectivity index (χ1v) is 21.7. The Labute approximate surface area is 367 Å². The molecular formula is C47H51FN7O7P. The van der Waals surface area contributed by atoms with Gasteiger partial charge in [0.25, 0.3) is 14.4 Å². The maximum absolute atomic E-state index is 17.5. The molecule has 5 atom stereocenters. The fourth-order valence-electron chi connectivity index (χ4n) is 8.12. The minimum absolute atomic E-state index is 0.131. The molecule has 16 heteroatoms. The van der Waals surface area contributed by atoms with E-state index in [0.717, 1.165) is 16.7 Å². The van der Waals surface area contributed by atoms with Crippen LogP contribution in [0.15, 0.2) is 122 Å². The van der Waals surface area contributed by atoms with Crippen molar-refractivity contribution < 1.29 is 37.5 Å². The summed E-state index contributed by atoms with van der Waals surface area (Å²) in [5.74, 6) is 1.02. The van der Waals surface area contributed by atoms with Crippen LogP contribution in [0.2, 0.25) is 0 Å². The highest BCUT2D eigenvalue weighted by molar-refractivity contribution is 7.43. The van der Waals surface area contributed by atoms with Crippen molar-refractivity contribution in [2.75, 3.05) is 26.1 Å². The maximum atomic E-state index is 17.5. The van der Waals surface area contributed by atoms with Crippen molar-refractivity contribution >= 4 is 31.4 Å². The number of halogens is 1. The Balaban J connectivity index is 1.30. The number of nitrogens with one attached hydrogen (secondary N) is 1. The normalized spacial score (nSPS) is 18.4. The van der Waals surface area contributed by atoms with E-state index in [-0.39, 0.29) is 36.1 Å². The lowest BCUT2D eigenvalue weighted by atomic mass is 9.80. The molecule has 1 unspecified atom stereocenters. The Kier molecular flexibility index (Phi) is 14.1. The number of nitriles is 1. The summed E-state index contributed by atoms with van der Waals surface area (Å²) in [6.07, 6.45) is -2.43. The number of carbonyl (C=O) groups excluding carboxylic acids is 1. The van der Waals surface area contributed by atoms with Gasteiger partial charge in [-0.1, -0.05) is 72.8 Å². The van der Waals surface area contributed by atoms with E-state index in [1.165, 1.54) is 17.2 Å². The van der Waals surface area contributed by atoms with Gasteiger partial charge in [0, 0.05) is 23.6 Å². The lowest BCUT2D eigenvalue weighted by Crippen LogP contribution is -2.46. The Bertz CT molecular complexity index is 2440. The largest absolute Gasteiger partial charge is 0.497 e. The van der Waals surface area contributed by atoms with Crippen LogP contribution in [-0.2, 0) is 19.6 Å². The summed E-state index contributed by atoms with van der Waals surface area (Å²) in [6, 6.07) is 35.3. The molecule has 0 saturated carbocycles. The second-order valence-electron chi connectivity index (χ2n) is 15.9. The second-order valence-corrected chi connectivity index (χ2v) is 17.1. The minimum atomic E-state index is -2.46. The van der Waals surface area contributed by atoms with Crippen LogP contribution in [0.25, 0.3) is 11.2 Å². The standard InChI is InChI=1S/C47H51FN7O7P/c1-31(2)55(46(3,4)26-13-27-49)63(57)62-41-38(61-45(39(41)48)54-30-52-40-42(50-29-51-43(40)54)53-44(56)32-14-9-7-10-15-32)28-60-47(33-16-11-8-12-17-33,34-18-22-36(58-5)23-19-34)35-20-24-37(59-6)25-21-35/h7-12,14-25,29-31,38-39,41,45,57H,13,26,28H2,1-6H3,(H,50,51,53,56)/t38-,39-,41-,45-,63?/m1/s1. The molecule has 1 aliphatic heterocycles. The third-order valence-corrected chi connectivity index (χ3v) is 13.0. The van der Waals surface area contributed by atoms with E-state index < -0.39 is 50.2 Å². The number of ether oxygens (including phenoxy) is 4. The number of methoxy groups -OCH3 is 2. The molecule has 6 aromatic rings. The minimum Gasteiger partial charge on any atom is -0.497 e. The van der Waals surface area contributed by atoms with E-state index in [1.807, 2.05) is 113 Å². The van der Waals surface area contributed by atoms with Gasteiger partial charge in [0.1, 0.15) is 35.6 Å². The highest BCUT2D eigenvalue weighted by Crippen LogP contribution is 2.51. The molecule has 328 valence electrons. The number of hydrogen-bond donors (Lipinski definition) is 2. The Morgan fingerprint density at radius 2 is 1.51 bits per heavy atom. The number of carbonyl (C=O) groups is 1. The molecule has 1 fully saturated rings. The van der Waals surface area contributed by atoms with Gasteiger partial charge < -0.3 is 33.7 Å². The Morgan fingerprint density at radius 3 is 2.08 bits per heavy atom. The zero-order valence-electron chi connectivity index (χ0n) is 36.0. The van der Waals surface area contributed by atoms with E-state index in [2.05, 4.69) is 26.3 Å². The molecule has 1 aliphatic rings. The fourth-order valence-corrected chi connectivity index (χ4v) is 9.65. The first-order chi connectivity index (χ1) is 30.4. The predicted octanol–water partition coefficient (Wildman–Crippen LogP) is 8.74. The van der Waals surface area contributed by atoms with Gasteiger partial charge in [0.05, 0.1) is 33.2 Å². The summed E-state index contributed by atoms with van der Waals surface area (Å²) >= 11 is 0. The number of hydrogen-bond acceptors (Lipinski definition) is 12. The number of imidazole rings is 1. The van der Waals surface area contributed by atoms with Crippen LogP contribution < -0.4 is 14.8 Å². The van der Waals surface area contributed by atoms with Crippen molar-refractivity contribution in [1.29, 1.82) is 5.26 Å². The second kappa shape index (κ2) is 19.7.